The summed E-state index contributed by atoms with van der Waals surface area (Å²) in [7, 11) is 0. The summed E-state index contributed by atoms with van der Waals surface area (Å²) < 4.78 is 5.60. The van der Waals surface area contributed by atoms with E-state index in [0.717, 1.165) is 18.4 Å². The molecule has 2 amide bonds. The topological polar surface area (TPSA) is 49.9 Å². The van der Waals surface area contributed by atoms with E-state index in [1.54, 1.807) is 9.80 Å². The van der Waals surface area contributed by atoms with Gasteiger partial charge in [-0.15, -0.1) is 0 Å². The van der Waals surface area contributed by atoms with E-state index < -0.39 is 0 Å². The Morgan fingerprint density at radius 1 is 1.29 bits per heavy atom. The minimum absolute atomic E-state index is 0.0200. The van der Waals surface area contributed by atoms with E-state index >= 15 is 0 Å². The van der Waals surface area contributed by atoms with Gasteiger partial charge in [-0.25, -0.2) is 0 Å². The molecule has 6 heteroatoms. The first-order chi connectivity index (χ1) is 11.5. The van der Waals surface area contributed by atoms with Crippen LogP contribution in [-0.4, -0.2) is 54.0 Å². The quantitative estimate of drug-likeness (QED) is 0.840. The van der Waals surface area contributed by atoms with Crippen LogP contribution in [0.25, 0.3) is 0 Å². The van der Waals surface area contributed by atoms with Crippen LogP contribution in [0.2, 0.25) is 5.02 Å². The van der Waals surface area contributed by atoms with Crippen molar-refractivity contribution in [2.75, 3.05) is 26.2 Å². The van der Waals surface area contributed by atoms with Crippen molar-refractivity contribution in [1.29, 1.82) is 0 Å². The van der Waals surface area contributed by atoms with Gasteiger partial charge in [0.25, 0.3) is 5.91 Å². The van der Waals surface area contributed by atoms with E-state index in [0.29, 0.717) is 37.2 Å². The van der Waals surface area contributed by atoms with Crippen molar-refractivity contribution in [3.8, 4) is 0 Å². The van der Waals surface area contributed by atoms with Crippen LogP contribution in [0.5, 0.6) is 0 Å². The molecule has 0 aromatic heterocycles. The standard InChI is InChI=1S/C18H23ClN2O3/c1-13-6-9-24-16(10-13)18(23)21-8-7-20(17(22)12-21)11-14-2-4-15(19)5-3-14/h2-5,13,16H,6-12H2,1H3/t13-,16-/m0/s1. The fraction of sp³-hybridized carbons (Fsp3) is 0.556. The Morgan fingerprint density at radius 3 is 2.71 bits per heavy atom. The van der Waals surface area contributed by atoms with E-state index in [4.69, 9.17) is 16.3 Å². The summed E-state index contributed by atoms with van der Waals surface area (Å²) in [4.78, 5) is 28.4. The molecule has 2 aliphatic heterocycles. The zero-order valence-corrected chi connectivity index (χ0v) is 14.7. The van der Waals surface area contributed by atoms with Crippen molar-refractivity contribution in [3.63, 3.8) is 0 Å². The molecule has 0 aliphatic carbocycles. The molecular weight excluding hydrogens is 328 g/mol. The third-order valence-electron chi connectivity index (χ3n) is 4.74. The molecule has 2 saturated heterocycles. The van der Waals surface area contributed by atoms with Crippen LogP contribution in [0.4, 0.5) is 0 Å². The van der Waals surface area contributed by atoms with E-state index in [-0.39, 0.29) is 24.5 Å². The molecule has 1 aromatic carbocycles. The molecule has 130 valence electrons. The van der Waals surface area contributed by atoms with Gasteiger partial charge in [-0.3, -0.25) is 9.59 Å². The highest BCUT2D eigenvalue weighted by atomic mass is 35.5. The highest BCUT2D eigenvalue weighted by Crippen LogP contribution is 2.22. The lowest BCUT2D eigenvalue weighted by molar-refractivity contribution is -0.155. The molecule has 24 heavy (non-hydrogen) atoms. The third kappa shape index (κ3) is 4.08. The van der Waals surface area contributed by atoms with Gasteiger partial charge in [0.2, 0.25) is 5.91 Å². The summed E-state index contributed by atoms with van der Waals surface area (Å²) in [5.41, 5.74) is 1.04. The fourth-order valence-electron chi connectivity index (χ4n) is 3.21. The summed E-state index contributed by atoms with van der Waals surface area (Å²) in [6.07, 6.45) is 1.36. The van der Waals surface area contributed by atoms with Crippen LogP contribution in [0.1, 0.15) is 25.3 Å². The maximum atomic E-state index is 12.6. The van der Waals surface area contributed by atoms with Gasteiger partial charge in [0.1, 0.15) is 6.10 Å². The van der Waals surface area contributed by atoms with Crippen LogP contribution in [0.3, 0.4) is 0 Å². The Labute approximate surface area is 147 Å². The molecule has 5 nitrogen and oxygen atoms in total. The Bertz CT molecular complexity index is 605. The number of benzene rings is 1. The Hall–Kier alpha value is -1.59. The molecule has 0 N–H and O–H groups in total. The number of rotatable bonds is 3. The van der Waals surface area contributed by atoms with Crippen LogP contribution >= 0.6 is 11.6 Å². The maximum Gasteiger partial charge on any atom is 0.252 e. The van der Waals surface area contributed by atoms with E-state index in [1.165, 1.54) is 0 Å². The van der Waals surface area contributed by atoms with Gasteiger partial charge < -0.3 is 14.5 Å². The minimum Gasteiger partial charge on any atom is -0.368 e. The van der Waals surface area contributed by atoms with Crippen molar-refractivity contribution >= 4 is 23.4 Å². The molecule has 2 atom stereocenters. The molecule has 2 fully saturated rings. The van der Waals surface area contributed by atoms with Gasteiger partial charge in [-0.2, -0.15) is 0 Å². The monoisotopic (exact) mass is 350 g/mol. The van der Waals surface area contributed by atoms with Gasteiger partial charge in [-0.1, -0.05) is 30.7 Å². The average Bonchev–Trinajstić information content (AvgIpc) is 2.58. The first kappa shape index (κ1) is 17.2. The number of halogens is 1. The number of carbonyl (C=O) groups is 2. The van der Waals surface area contributed by atoms with Crippen molar-refractivity contribution in [2.45, 2.75) is 32.4 Å². The molecule has 2 heterocycles. The lowest BCUT2D eigenvalue weighted by Crippen LogP contribution is -2.54. The van der Waals surface area contributed by atoms with Crippen molar-refractivity contribution < 1.29 is 14.3 Å². The molecular formula is C18H23ClN2O3. The molecule has 3 rings (SSSR count). The summed E-state index contributed by atoms with van der Waals surface area (Å²) in [5.74, 6) is 0.434. The van der Waals surface area contributed by atoms with Gasteiger partial charge in [0, 0.05) is 31.3 Å². The van der Waals surface area contributed by atoms with Crippen LogP contribution in [0.15, 0.2) is 24.3 Å². The highest BCUT2D eigenvalue weighted by molar-refractivity contribution is 6.30. The second-order valence-corrected chi connectivity index (χ2v) is 7.13. The van der Waals surface area contributed by atoms with Crippen LogP contribution in [0, 0.1) is 5.92 Å². The molecule has 0 unspecified atom stereocenters. The smallest absolute Gasteiger partial charge is 0.252 e. The zero-order valence-electron chi connectivity index (χ0n) is 13.9. The molecule has 2 aliphatic rings. The summed E-state index contributed by atoms with van der Waals surface area (Å²) in [6, 6.07) is 7.49. The fourth-order valence-corrected chi connectivity index (χ4v) is 3.34. The molecule has 0 saturated carbocycles. The lowest BCUT2D eigenvalue weighted by atomic mass is 9.97. The van der Waals surface area contributed by atoms with Crippen molar-refractivity contribution in [2.24, 2.45) is 5.92 Å². The maximum absolute atomic E-state index is 12.6. The van der Waals surface area contributed by atoms with Crippen molar-refractivity contribution in [3.05, 3.63) is 34.9 Å². The number of ether oxygens (including phenoxy) is 1. The van der Waals surface area contributed by atoms with E-state index in [2.05, 4.69) is 6.92 Å². The Morgan fingerprint density at radius 2 is 2.04 bits per heavy atom. The van der Waals surface area contributed by atoms with E-state index in [9.17, 15) is 9.59 Å². The second kappa shape index (κ2) is 7.53. The average molecular weight is 351 g/mol. The van der Waals surface area contributed by atoms with Crippen LogP contribution in [-0.2, 0) is 20.9 Å². The number of piperazine rings is 1. The minimum atomic E-state index is -0.385. The van der Waals surface area contributed by atoms with Gasteiger partial charge >= 0.3 is 0 Å². The molecule has 1 aromatic rings. The first-order valence-electron chi connectivity index (χ1n) is 8.45. The zero-order chi connectivity index (χ0) is 17.1. The normalized spacial score (nSPS) is 25.0. The summed E-state index contributed by atoms with van der Waals surface area (Å²) in [5, 5.41) is 0.683. The Kier molecular flexibility index (Phi) is 5.41. The van der Waals surface area contributed by atoms with Gasteiger partial charge in [0.05, 0.1) is 6.54 Å². The molecule has 0 spiro atoms. The predicted octanol–water partition coefficient (Wildman–Crippen LogP) is 2.33. The van der Waals surface area contributed by atoms with Gasteiger partial charge in [-0.05, 0) is 36.5 Å². The third-order valence-corrected chi connectivity index (χ3v) is 4.99. The summed E-state index contributed by atoms with van der Waals surface area (Å²) in [6.45, 7) is 4.57. The van der Waals surface area contributed by atoms with Crippen molar-refractivity contribution in [1.82, 2.24) is 9.80 Å². The SMILES string of the molecule is C[C@H]1CCO[C@H](C(=O)N2CCN(Cc3ccc(Cl)cc3)C(=O)C2)C1. The predicted molar refractivity (Wildman–Crippen MR) is 91.6 cm³/mol. The number of carbonyl (C=O) groups excluding carboxylic acids is 2. The largest absolute Gasteiger partial charge is 0.368 e. The highest BCUT2D eigenvalue weighted by Gasteiger charge is 2.33. The second-order valence-electron chi connectivity index (χ2n) is 6.69. The molecule has 0 bridgehead atoms. The number of amides is 2. The lowest BCUT2D eigenvalue weighted by Gasteiger charge is -2.37. The van der Waals surface area contributed by atoms with E-state index in [1.807, 2.05) is 24.3 Å². The number of nitrogens with zero attached hydrogens (tertiary/aromatic N) is 2. The van der Waals surface area contributed by atoms with Gasteiger partial charge in [0.15, 0.2) is 0 Å². The molecule has 0 radical (unpaired) electrons. The Balaban J connectivity index is 1.55. The first-order valence-corrected chi connectivity index (χ1v) is 8.83. The number of hydrogen-bond donors (Lipinski definition) is 0. The van der Waals surface area contributed by atoms with Crippen LogP contribution < -0.4 is 0 Å². The number of hydrogen-bond acceptors (Lipinski definition) is 3. The summed E-state index contributed by atoms with van der Waals surface area (Å²) >= 11 is 5.88.